The summed E-state index contributed by atoms with van der Waals surface area (Å²) < 4.78 is 10.3. The van der Waals surface area contributed by atoms with E-state index >= 15 is 0 Å². The molecule has 0 amide bonds. The quantitative estimate of drug-likeness (QED) is 0.773. The zero-order valence-corrected chi connectivity index (χ0v) is 10.7. The molecule has 0 fully saturated rings. The van der Waals surface area contributed by atoms with Crippen molar-refractivity contribution in [3.05, 3.63) is 29.3 Å². The molecular formula is C13H19NO4. The highest BCUT2D eigenvalue weighted by Crippen LogP contribution is 2.25. The zero-order valence-electron chi connectivity index (χ0n) is 10.7. The molecule has 1 atom stereocenters. The first-order valence-corrected chi connectivity index (χ1v) is 5.71. The molecule has 0 heterocycles. The van der Waals surface area contributed by atoms with E-state index in [9.17, 15) is 4.79 Å². The van der Waals surface area contributed by atoms with Crippen LogP contribution in [0.25, 0.3) is 0 Å². The van der Waals surface area contributed by atoms with Crippen molar-refractivity contribution < 1.29 is 19.4 Å². The van der Waals surface area contributed by atoms with Gasteiger partial charge in [-0.2, -0.15) is 0 Å². The molecule has 1 aromatic rings. The van der Waals surface area contributed by atoms with Crippen molar-refractivity contribution in [1.82, 2.24) is 0 Å². The van der Waals surface area contributed by atoms with Crippen LogP contribution in [-0.4, -0.2) is 25.3 Å². The van der Waals surface area contributed by atoms with Crippen LogP contribution in [0.15, 0.2) is 18.2 Å². The standard InChI is InChI=1S/C13H19NO4/c1-17-8-10-7-9(3-5-12(10)18-2)11(14)4-6-13(15)16/h3,5,7,11H,4,6,8,14H2,1-2H3,(H,15,16). The van der Waals surface area contributed by atoms with E-state index in [0.717, 1.165) is 16.9 Å². The fraction of sp³-hybridized carbons (Fsp3) is 0.462. The third-order valence-electron chi connectivity index (χ3n) is 2.70. The van der Waals surface area contributed by atoms with E-state index in [0.29, 0.717) is 13.0 Å². The highest BCUT2D eigenvalue weighted by molar-refractivity contribution is 5.66. The molecule has 1 rings (SSSR count). The van der Waals surface area contributed by atoms with Crippen molar-refractivity contribution in [2.24, 2.45) is 5.73 Å². The molecule has 5 heteroatoms. The Balaban J connectivity index is 2.82. The van der Waals surface area contributed by atoms with E-state index < -0.39 is 5.97 Å². The molecule has 0 aliphatic heterocycles. The fourth-order valence-electron chi connectivity index (χ4n) is 1.74. The van der Waals surface area contributed by atoms with Gasteiger partial charge >= 0.3 is 5.97 Å². The number of hydrogen-bond donors (Lipinski definition) is 2. The number of aliphatic carboxylic acids is 1. The first-order valence-electron chi connectivity index (χ1n) is 5.71. The SMILES string of the molecule is COCc1cc(C(N)CCC(=O)O)ccc1OC. The highest BCUT2D eigenvalue weighted by Gasteiger charge is 2.11. The van der Waals surface area contributed by atoms with E-state index in [-0.39, 0.29) is 12.5 Å². The number of ether oxygens (including phenoxy) is 2. The normalized spacial score (nSPS) is 12.2. The Bertz CT molecular complexity index is 406. The Morgan fingerprint density at radius 3 is 2.72 bits per heavy atom. The van der Waals surface area contributed by atoms with Crippen LogP contribution in [0.3, 0.4) is 0 Å². The smallest absolute Gasteiger partial charge is 0.303 e. The van der Waals surface area contributed by atoms with Crippen molar-refractivity contribution in [1.29, 1.82) is 0 Å². The number of benzene rings is 1. The summed E-state index contributed by atoms with van der Waals surface area (Å²) in [5.41, 5.74) is 7.75. The van der Waals surface area contributed by atoms with Crippen LogP contribution in [0.4, 0.5) is 0 Å². The molecule has 0 aliphatic carbocycles. The van der Waals surface area contributed by atoms with Gasteiger partial charge in [-0.3, -0.25) is 4.79 Å². The first-order chi connectivity index (χ1) is 8.58. The summed E-state index contributed by atoms with van der Waals surface area (Å²) in [6, 6.07) is 5.28. The van der Waals surface area contributed by atoms with E-state index in [2.05, 4.69) is 0 Å². The second-order valence-electron chi connectivity index (χ2n) is 4.04. The summed E-state index contributed by atoms with van der Waals surface area (Å²) in [5, 5.41) is 8.63. The maximum atomic E-state index is 10.5. The van der Waals surface area contributed by atoms with E-state index in [4.69, 9.17) is 20.3 Å². The van der Waals surface area contributed by atoms with Crippen molar-refractivity contribution in [2.45, 2.75) is 25.5 Å². The van der Waals surface area contributed by atoms with Crippen LogP contribution in [-0.2, 0) is 16.1 Å². The lowest BCUT2D eigenvalue weighted by molar-refractivity contribution is -0.137. The van der Waals surface area contributed by atoms with Gasteiger partial charge in [-0.15, -0.1) is 0 Å². The van der Waals surface area contributed by atoms with Gasteiger partial charge in [-0.1, -0.05) is 6.07 Å². The van der Waals surface area contributed by atoms with Crippen LogP contribution >= 0.6 is 0 Å². The molecule has 3 N–H and O–H groups in total. The predicted molar refractivity (Wildman–Crippen MR) is 67.5 cm³/mol. The van der Waals surface area contributed by atoms with Gasteiger partial charge in [0.2, 0.25) is 0 Å². The molecule has 100 valence electrons. The summed E-state index contributed by atoms with van der Waals surface area (Å²) >= 11 is 0. The van der Waals surface area contributed by atoms with Gasteiger partial charge in [0.1, 0.15) is 5.75 Å². The number of nitrogens with two attached hydrogens (primary N) is 1. The summed E-state index contributed by atoms with van der Waals surface area (Å²) in [6.07, 6.45) is 0.473. The molecule has 0 bridgehead atoms. The largest absolute Gasteiger partial charge is 0.496 e. The summed E-state index contributed by atoms with van der Waals surface area (Å²) in [4.78, 5) is 10.5. The number of carboxylic acids is 1. The number of methoxy groups -OCH3 is 2. The average Bonchev–Trinajstić information content (AvgIpc) is 2.36. The van der Waals surface area contributed by atoms with E-state index in [1.54, 1.807) is 14.2 Å². The van der Waals surface area contributed by atoms with Crippen molar-refractivity contribution in [2.75, 3.05) is 14.2 Å². The molecule has 0 spiro atoms. The molecule has 0 saturated carbocycles. The lowest BCUT2D eigenvalue weighted by Gasteiger charge is -2.14. The molecule has 5 nitrogen and oxygen atoms in total. The molecule has 0 aromatic heterocycles. The third kappa shape index (κ3) is 4.01. The first kappa shape index (κ1) is 14.5. The van der Waals surface area contributed by atoms with Gasteiger partial charge in [0.05, 0.1) is 13.7 Å². The Morgan fingerprint density at radius 1 is 1.44 bits per heavy atom. The second kappa shape index (κ2) is 6.98. The number of carboxylic acid groups (broad SMARTS) is 1. The van der Waals surface area contributed by atoms with Crippen LogP contribution < -0.4 is 10.5 Å². The average molecular weight is 253 g/mol. The molecular weight excluding hydrogens is 234 g/mol. The maximum absolute atomic E-state index is 10.5. The van der Waals surface area contributed by atoms with Crippen molar-refractivity contribution >= 4 is 5.97 Å². The molecule has 0 saturated heterocycles. The minimum Gasteiger partial charge on any atom is -0.496 e. The predicted octanol–water partition coefficient (Wildman–Crippen LogP) is 1.71. The highest BCUT2D eigenvalue weighted by atomic mass is 16.5. The summed E-state index contributed by atoms with van der Waals surface area (Å²) in [7, 11) is 3.20. The van der Waals surface area contributed by atoms with Gasteiger partial charge in [-0.25, -0.2) is 0 Å². The molecule has 0 aliphatic rings. The van der Waals surface area contributed by atoms with Gasteiger partial charge in [0.25, 0.3) is 0 Å². The van der Waals surface area contributed by atoms with Gasteiger partial charge in [0, 0.05) is 25.1 Å². The van der Waals surface area contributed by atoms with E-state index in [1.807, 2.05) is 18.2 Å². The number of rotatable bonds is 7. The lowest BCUT2D eigenvalue weighted by atomic mass is 10.0. The van der Waals surface area contributed by atoms with Crippen LogP contribution in [0.1, 0.15) is 30.0 Å². The van der Waals surface area contributed by atoms with Gasteiger partial charge in [0.15, 0.2) is 0 Å². The van der Waals surface area contributed by atoms with Crippen LogP contribution in [0.2, 0.25) is 0 Å². The number of carbonyl (C=O) groups is 1. The minimum atomic E-state index is -0.837. The molecule has 0 radical (unpaired) electrons. The van der Waals surface area contributed by atoms with Gasteiger partial charge in [-0.05, 0) is 24.1 Å². The second-order valence-corrected chi connectivity index (χ2v) is 4.04. The monoisotopic (exact) mass is 253 g/mol. The maximum Gasteiger partial charge on any atom is 0.303 e. The number of hydrogen-bond acceptors (Lipinski definition) is 4. The topological polar surface area (TPSA) is 81.8 Å². The summed E-state index contributed by atoms with van der Waals surface area (Å²) in [5.74, 6) is -0.0953. The Morgan fingerprint density at radius 2 is 2.17 bits per heavy atom. The van der Waals surface area contributed by atoms with Crippen LogP contribution in [0.5, 0.6) is 5.75 Å². The third-order valence-corrected chi connectivity index (χ3v) is 2.70. The van der Waals surface area contributed by atoms with Crippen LogP contribution in [0, 0.1) is 0 Å². The Labute approximate surface area is 107 Å². The fourth-order valence-corrected chi connectivity index (χ4v) is 1.74. The lowest BCUT2D eigenvalue weighted by Crippen LogP contribution is -2.12. The van der Waals surface area contributed by atoms with Crippen molar-refractivity contribution in [3.8, 4) is 5.75 Å². The molecule has 1 aromatic carbocycles. The van der Waals surface area contributed by atoms with E-state index in [1.165, 1.54) is 0 Å². The summed E-state index contributed by atoms with van der Waals surface area (Å²) in [6.45, 7) is 0.433. The Kier molecular flexibility index (Phi) is 5.61. The zero-order chi connectivity index (χ0) is 13.5. The van der Waals surface area contributed by atoms with Gasteiger partial charge < -0.3 is 20.3 Å². The Hall–Kier alpha value is -1.59. The van der Waals surface area contributed by atoms with Crippen molar-refractivity contribution in [3.63, 3.8) is 0 Å². The molecule has 1 unspecified atom stereocenters. The minimum absolute atomic E-state index is 0.0623. The molecule has 18 heavy (non-hydrogen) atoms.